The van der Waals surface area contributed by atoms with E-state index in [0.29, 0.717) is 12.3 Å². The van der Waals surface area contributed by atoms with Gasteiger partial charge in [0.25, 0.3) is 0 Å². The van der Waals surface area contributed by atoms with E-state index in [1.807, 2.05) is 0 Å². The summed E-state index contributed by atoms with van der Waals surface area (Å²) in [5.74, 6) is 1.42. The lowest BCUT2D eigenvalue weighted by Crippen LogP contribution is -2.43. The minimum Gasteiger partial charge on any atom is -0.323 e. The van der Waals surface area contributed by atoms with Gasteiger partial charge in [-0.05, 0) is 32.1 Å². The van der Waals surface area contributed by atoms with Gasteiger partial charge < -0.3 is 5.73 Å². The Morgan fingerprint density at radius 1 is 1.29 bits per heavy atom. The number of halogens is 1. The molecule has 0 aromatic heterocycles. The maximum atomic E-state index is 13.7. The molecule has 1 rings (SSSR count). The first-order valence-corrected chi connectivity index (χ1v) is 5.82. The molecule has 0 amide bonds. The minimum absolute atomic E-state index is 0.573. The Bertz CT molecular complexity index is 166. The zero-order valence-corrected chi connectivity index (χ0v) is 9.72. The van der Waals surface area contributed by atoms with Crippen LogP contribution in [0.5, 0.6) is 0 Å². The predicted molar refractivity (Wildman–Crippen MR) is 58.9 cm³/mol. The summed E-state index contributed by atoms with van der Waals surface area (Å²) in [4.78, 5) is 0. The Kier molecular flexibility index (Phi) is 3.94. The number of rotatable bonds is 3. The minimum atomic E-state index is -0.846. The monoisotopic (exact) mass is 201 g/mol. The van der Waals surface area contributed by atoms with Crippen molar-refractivity contribution in [2.24, 2.45) is 17.6 Å². The largest absolute Gasteiger partial charge is 0.323 e. The first-order valence-electron chi connectivity index (χ1n) is 5.82. The van der Waals surface area contributed by atoms with E-state index in [1.54, 1.807) is 13.8 Å². The summed E-state index contributed by atoms with van der Waals surface area (Å²) in [6.07, 6.45) is 4.73. The van der Waals surface area contributed by atoms with Crippen molar-refractivity contribution in [2.75, 3.05) is 0 Å². The summed E-state index contributed by atoms with van der Waals surface area (Å²) < 4.78 is 13.7. The lowest BCUT2D eigenvalue weighted by Gasteiger charge is -2.31. The van der Waals surface area contributed by atoms with E-state index < -0.39 is 11.7 Å². The zero-order chi connectivity index (χ0) is 10.8. The maximum Gasteiger partial charge on any atom is 0.118 e. The molecule has 0 heterocycles. The Morgan fingerprint density at radius 2 is 1.79 bits per heavy atom. The second kappa shape index (κ2) is 4.61. The van der Waals surface area contributed by atoms with Crippen LogP contribution < -0.4 is 5.73 Å². The van der Waals surface area contributed by atoms with Crippen LogP contribution >= 0.6 is 0 Å². The van der Waals surface area contributed by atoms with Crippen molar-refractivity contribution >= 4 is 0 Å². The third-order valence-corrected chi connectivity index (χ3v) is 3.48. The average Bonchev–Trinajstić information content (AvgIpc) is 2.07. The van der Waals surface area contributed by atoms with E-state index >= 15 is 0 Å². The van der Waals surface area contributed by atoms with Gasteiger partial charge in [-0.25, -0.2) is 4.39 Å². The maximum absolute atomic E-state index is 13.7. The van der Waals surface area contributed by atoms with Gasteiger partial charge in [0, 0.05) is 5.54 Å². The summed E-state index contributed by atoms with van der Waals surface area (Å²) in [6, 6.07) is 0. The van der Waals surface area contributed by atoms with Gasteiger partial charge in [-0.2, -0.15) is 0 Å². The van der Waals surface area contributed by atoms with Gasteiger partial charge in [0.2, 0.25) is 0 Å². The molecule has 1 nitrogen and oxygen atoms in total. The second-order valence-electron chi connectivity index (χ2n) is 5.65. The summed E-state index contributed by atoms with van der Waals surface area (Å²) in [7, 11) is 0. The lowest BCUT2D eigenvalue weighted by atomic mass is 9.78. The molecule has 1 atom stereocenters. The van der Waals surface area contributed by atoms with Crippen molar-refractivity contribution in [1.82, 2.24) is 0 Å². The van der Waals surface area contributed by atoms with Crippen molar-refractivity contribution in [1.29, 1.82) is 0 Å². The SMILES string of the molecule is CC1CCC(CC(F)C(C)(C)N)CC1. The summed E-state index contributed by atoms with van der Waals surface area (Å²) in [5.41, 5.74) is 5.08. The number of hydrogen-bond donors (Lipinski definition) is 1. The second-order valence-corrected chi connectivity index (χ2v) is 5.65. The van der Waals surface area contributed by atoms with E-state index in [-0.39, 0.29) is 0 Å². The lowest BCUT2D eigenvalue weighted by molar-refractivity contribution is 0.153. The standard InChI is InChI=1S/C12H24FN/c1-9-4-6-10(7-5-9)8-11(13)12(2,3)14/h9-11H,4-8,14H2,1-3H3. The average molecular weight is 201 g/mol. The van der Waals surface area contributed by atoms with Crippen LogP contribution in [-0.4, -0.2) is 11.7 Å². The van der Waals surface area contributed by atoms with Crippen LogP contribution in [0.1, 0.15) is 52.9 Å². The molecule has 2 N–H and O–H groups in total. The van der Waals surface area contributed by atoms with Crippen LogP contribution in [0.15, 0.2) is 0 Å². The normalized spacial score (nSPS) is 31.5. The van der Waals surface area contributed by atoms with Crippen LogP contribution in [0, 0.1) is 11.8 Å². The number of hydrogen-bond acceptors (Lipinski definition) is 1. The molecule has 0 aromatic carbocycles. The van der Waals surface area contributed by atoms with E-state index in [9.17, 15) is 4.39 Å². The number of nitrogens with two attached hydrogens (primary N) is 1. The molecule has 0 aliphatic heterocycles. The molecular weight excluding hydrogens is 177 g/mol. The molecule has 84 valence electrons. The molecular formula is C12H24FN. The van der Waals surface area contributed by atoms with Gasteiger partial charge in [-0.3, -0.25) is 0 Å². The van der Waals surface area contributed by atoms with Crippen molar-refractivity contribution in [2.45, 2.75) is 64.6 Å². The topological polar surface area (TPSA) is 26.0 Å². The molecule has 0 aromatic rings. The molecule has 14 heavy (non-hydrogen) atoms. The molecule has 2 heteroatoms. The van der Waals surface area contributed by atoms with Gasteiger partial charge in [0.1, 0.15) is 6.17 Å². The molecule has 1 aliphatic rings. The first-order chi connectivity index (χ1) is 6.39. The molecule has 0 bridgehead atoms. The summed E-state index contributed by atoms with van der Waals surface area (Å²) in [5, 5.41) is 0. The molecule has 1 saturated carbocycles. The third kappa shape index (κ3) is 3.56. The van der Waals surface area contributed by atoms with E-state index in [1.165, 1.54) is 25.7 Å². The molecule has 0 radical (unpaired) electrons. The Hall–Kier alpha value is -0.110. The Balaban J connectivity index is 2.31. The van der Waals surface area contributed by atoms with Gasteiger partial charge in [-0.15, -0.1) is 0 Å². The summed E-state index contributed by atoms with van der Waals surface area (Å²) >= 11 is 0. The first kappa shape index (κ1) is 12.0. The van der Waals surface area contributed by atoms with Gasteiger partial charge in [0.05, 0.1) is 0 Å². The van der Waals surface area contributed by atoms with Gasteiger partial charge >= 0.3 is 0 Å². The van der Waals surface area contributed by atoms with Crippen molar-refractivity contribution in [3.63, 3.8) is 0 Å². The van der Waals surface area contributed by atoms with Crippen molar-refractivity contribution in [3.8, 4) is 0 Å². The van der Waals surface area contributed by atoms with Crippen LogP contribution in [0.4, 0.5) is 4.39 Å². The van der Waals surface area contributed by atoms with E-state index in [4.69, 9.17) is 5.73 Å². The Labute approximate surface area is 87.3 Å². The van der Waals surface area contributed by atoms with Crippen molar-refractivity contribution in [3.05, 3.63) is 0 Å². The van der Waals surface area contributed by atoms with Crippen LogP contribution in [0.25, 0.3) is 0 Å². The molecule has 1 aliphatic carbocycles. The van der Waals surface area contributed by atoms with E-state index in [2.05, 4.69) is 6.92 Å². The summed E-state index contributed by atoms with van der Waals surface area (Å²) in [6.45, 7) is 5.85. The predicted octanol–water partition coefficient (Wildman–Crippen LogP) is 3.28. The van der Waals surface area contributed by atoms with Crippen LogP contribution in [0.2, 0.25) is 0 Å². The highest BCUT2D eigenvalue weighted by Gasteiger charge is 2.29. The highest BCUT2D eigenvalue weighted by Crippen LogP contribution is 2.33. The highest BCUT2D eigenvalue weighted by atomic mass is 19.1. The van der Waals surface area contributed by atoms with Crippen LogP contribution in [0.3, 0.4) is 0 Å². The van der Waals surface area contributed by atoms with Crippen molar-refractivity contribution < 1.29 is 4.39 Å². The van der Waals surface area contributed by atoms with E-state index in [0.717, 1.165) is 5.92 Å². The van der Waals surface area contributed by atoms with Gasteiger partial charge in [0.15, 0.2) is 0 Å². The quantitative estimate of drug-likeness (QED) is 0.745. The smallest absolute Gasteiger partial charge is 0.118 e. The molecule has 0 spiro atoms. The molecule has 1 fully saturated rings. The zero-order valence-electron chi connectivity index (χ0n) is 9.72. The fourth-order valence-corrected chi connectivity index (χ4v) is 2.16. The van der Waals surface area contributed by atoms with Gasteiger partial charge in [-0.1, -0.05) is 32.6 Å². The number of alkyl halides is 1. The molecule has 0 saturated heterocycles. The third-order valence-electron chi connectivity index (χ3n) is 3.48. The Morgan fingerprint density at radius 3 is 2.21 bits per heavy atom. The fourth-order valence-electron chi connectivity index (χ4n) is 2.16. The highest BCUT2D eigenvalue weighted by molar-refractivity contribution is 4.85. The molecule has 1 unspecified atom stereocenters. The van der Waals surface area contributed by atoms with Crippen LogP contribution in [-0.2, 0) is 0 Å². The fraction of sp³-hybridized carbons (Fsp3) is 1.00.